The van der Waals surface area contributed by atoms with Gasteiger partial charge in [0.25, 0.3) is 5.91 Å². The van der Waals surface area contributed by atoms with Crippen LogP contribution >= 0.6 is 11.6 Å². The molecule has 4 nitrogen and oxygen atoms in total. The van der Waals surface area contributed by atoms with Crippen LogP contribution in [0.5, 0.6) is 5.75 Å². The second kappa shape index (κ2) is 8.47. The molecule has 0 spiro atoms. The van der Waals surface area contributed by atoms with Gasteiger partial charge in [-0.1, -0.05) is 29.8 Å². The first-order chi connectivity index (χ1) is 12.5. The highest BCUT2D eigenvalue weighted by molar-refractivity contribution is 6.30. The lowest BCUT2D eigenvalue weighted by Gasteiger charge is -2.34. The Hall–Kier alpha value is -2.18. The molecule has 0 aromatic heterocycles. The number of benzene rings is 2. The third-order valence-corrected chi connectivity index (χ3v) is 4.50. The summed E-state index contributed by atoms with van der Waals surface area (Å²) in [7, 11) is 0. The van der Waals surface area contributed by atoms with Gasteiger partial charge in [0.2, 0.25) is 0 Å². The molecule has 0 bridgehead atoms. The molecular weight excluding hydrogens is 362 g/mol. The lowest BCUT2D eigenvalue weighted by Crippen LogP contribution is -2.48. The van der Waals surface area contributed by atoms with Crippen LogP contribution in [0.2, 0.25) is 5.02 Å². The smallest absolute Gasteiger partial charge is 0.387 e. The standard InChI is InChI=1S/C19H19ClF2N2O2/c20-16-5-1-3-14(11-16)13-23-7-9-24(10-8-23)18(25)15-4-2-6-17(12-15)26-19(21)22/h1-6,11-12,19H,7-10,13H2. The summed E-state index contributed by atoms with van der Waals surface area (Å²) < 4.78 is 29.0. The number of nitrogens with zero attached hydrogens (tertiary/aromatic N) is 2. The molecule has 1 aliphatic heterocycles. The minimum atomic E-state index is -2.91. The lowest BCUT2D eigenvalue weighted by molar-refractivity contribution is -0.0499. The van der Waals surface area contributed by atoms with Gasteiger partial charge in [-0.05, 0) is 35.9 Å². The van der Waals surface area contributed by atoms with Crippen LogP contribution in [0.3, 0.4) is 0 Å². The summed E-state index contributed by atoms with van der Waals surface area (Å²) in [5.74, 6) is -0.183. The van der Waals surface area contributed by atoms with Crippen LogP contribution in [-0.2, 0) is 6.54 Å². The first-order valence-corrected chi connectivity index (χ1v) is 8.70. The zero-order chi connectivity index (χ0) is 18.5. The van der Waals surface area contributed by atoms with E-state index in [1.165, 1.54) is 12.1 Å². The Balaban J connectivity index is 1.56. The van der Waals surface area contributed by atoms with Crippen LogP contribution in [0.15, 0.2) is 48.5 Å². The second-order valence-corrected chi connectivity index (χ2v) is 6.54. The summed E-state index contributed by atoms with van der Waals surface area (Å²) in [4.78, 5) is 16.6. The molecule has 1 heterocycles. The fourth-order valence-electron chi connectivity index (χ4n) is 2.99. The van der Waals surface area contributed by atoms with E-state index in [0.29, 0.717) is 23.7 Å². The number of piperazine rings is 1. The highest BCUT2D eigenvalue weighted by atomic mass is 35.5. The van der Waals surface area contributed by atoms with Crippen molar-refractivity contribution < 1.29 is 18.3 Å². The van der Waals surface area contributed by atoms with Crippen LogP contribution in [0, 0.1) is 0 Å². The number of halogens is 3. The third kappa shape index (κ3) is 4.93. The molecule has 0 N–H and O–H groups in total. The summed E-state index contributed by atoms with van der Waals surface area (Å²) >= 11 is 6.01. The minimum Gasteiger partial charge on any atom is -0.435 e. The maximum Gasteiger partial charge on any atom is 0.387 e. The minimum absolute atomic E-state index is 0.00885. The second-order valence-electron chi connectivity index (χ2n) is 6.10. The van der Waals surface area contributed by atoms with Crippen molar-refractivity contribution in [2.45, 2.75) is 13.2 Å². The van der Waals surface area contributed by atoms with Crippen molar-refractivity contribution in [3.63, 3.8) is 0 Å². The fourth-order valence-corrected chi connectivity index (χ4v) is 3.20. The maximum absolute atomic E-state index is 12.6. The van der Waals surface area contributed by atoms with Crippen molar-refractivity contribution in [2.24, 2.45) is 0 Å². The maximum atomic E-state index is 12.6. The molecule has 0 saturated carbocycles. The Bertz CT molecular complexity index is 765. The van der Waals surface area contributed by atoms with Crippen molar-refractivity contribution in [3.05, 3.63) is 64.7 Å². The quantitative estimate of drug-likeness (QED) is 0.788. The number of alkyl halides is 2. The SMILES string of the molecule is O=C(c1cccc(OC(F)F)c1)N1CCN(Cc2cccc(Cl)c2)CC1. The van der Waals surface area contributed by atoms with Crippen LogP contribution in [0.25, 0.3) is 0 Å². The van der Waals surface area contributed by atoms with Gasteiger partial charge in [0, 0.05) is 43.3 Å². The molecule has 0 radical (unpaired) electrons. The summed E-state index contributed by atoms with van der Waals surface area (Å²) in [6, 6.07) is 13.6. The molecule has 26 heavy (non-hydrogen) atoms. The molecule has 3 rings (SSSR count). The Morgan fingerprint density at radius 2 is 1.81 bits per heavy atom. The van der Waals surface area contributed by atoms with E-state index in [1.54, 1.807) is 17.0 Å². The molecule has 138 valence electrons. The van der Waals surface area contributed by atoms with Crippen molar-refractivity contribution in [3.8, 4) is 5.75 Å². The van der Waals surface area contributed by atoms with E-state index < -0.39 is 6.61 Å². The molecule has 7 heteroatoms. The summed E-state index contributed by atoms with van der Waals surface area (Å²) in [5.41, 5.74) is 1.49. The van der Waals surface area contributed by atoms with E-state index in [4.69, 9.17) is 11.6 Å². The topological polar surface area (TPSA) is 32.8 Å². The summed E-state index contributed by atoms with van der Waals surface area (Å²) in [5, 5.41) is 0.710. The van der Waals surface area contributed by atoms with Crippen molar-refractivity contribution >= 4 is 17.5 Å². The molecular formula is C19H19ClF2N2O2. The van der Waals surface area contributed by atoms with Gasteiger partial charge in [0.15, 0.2) is 0 Å². The number of hydrogen-bond acceptors (Lipinski definition) is 3. The number of carbonyl (C=O) groups excluding carboxylic acids is 1. The molecule has 1 fully saturated rings. The average Bonchev–Trinajstić information content (AvgIpc) is 2.61. The molecule has 1 aliphatic rings. The van der Waals surface area contributed by atoms with Gasteiger partial charge >= 0.3 is 6.61 Å². The molecule has 0 atom stereocenters. The zero-order valence-electron chi connectivity index (χ0n) is 14.1. The molecule has 0 aliphatic carbocycles. The number of hydrogen-bond donors (Lipinski definition) is 0. The van der Waals surface area contributed by atoms with E-state index in [1.807, 2.05) is 24.3 Å². The van der Waals surface area contributed by atoms with E-state index in [0.717, 1.165) is 25.2 Å². The van der Waals surface area contributed by atoms with Gasteiger partial charge in [0.1, 0.15) is 5.75 Å². The Kier molecular flexibility index (Phi) is 6.06. The number of amides is 1. The third-order valence-electron chi connectivity index (χ3n) is 4.26. The number of rotatable bonds is 5. The van der Waals surface area contributed by atoms with Crippen LogP contribution < -0.4 is 4.74 Å². The van der Waals surface area contributed by atoms with Crippen molar-refractivity contribution in [1.82, 2.24) is 9.80 Å². The predicted molar refractivity (Wildman–Crippen MR) is 95.7 cm³/mol. The predicted octanol–water partition coefficient (Wildman–Crippen LogP) is 3.90. The van der Waals surface area contributed by atoms with Crippen LogP contribution in [-0.4, -0.2) is 48.5 Å². The molecule has 1 saturated heterocycles. The van der Waals surface area contributed by atoms with Crippen LogP contribution in [0.4, 0.5) is 8.78 Å². The summed E-state index contributed by atoms with van der Waals surface area (Å²) in [6.07, 6.45) is 0. The van der Waals surface area contributed by atoms with Gasteiger partial charge in [-0.25, -0.2) is 0 Å². The number of carbonyl (C=O) groups is 1. The van der Waals surface area contributed by atoms with E-state index in [-0.39, 0.29) is 11.7 Å². The molecule has 2 aromatic carbocycles. The largest absolute Gasteiger partial charge is 0.435 e. The van der Waals surface area contributed by atoms with Gasteiger partial charge in [-0.15, -0.1) is 0 Å². The van der Waals surface area contributed by atoms with Crippen LogP contribution in [0.1, 0.15) is 15.9 Å². The van der Waals surface area contributed by atoms with E-state index in [9.17, 15) is 13.6 Å². The highest BCUT2D eigenvalue weighted by Gasteiger charge is 2.22. The first kappa shape index (κ1) is 18.6. The lowest BCUT2D eigenvalue weighted by atomic mass is 10.1. The first-order valence-electron chi connectivity index (χ1n) is 8.32. The zero-order valence-corrected chi connectivity index (χ0v) is 14.8. The Morgan fingerprint density at radius 1 is 1.08 bits per heavy atom. The van der Waals surface area contributed by atoms with E-state index in [2.05, 4.69) is 9.64 Å². The van der Waals surface area contributed by atoms with Gasteiger partial charge in [-0.2, -0.15) is 8.78 Å². The summed E-state index contributed by atoms with van der Waals surface area (Å²) in [6.45, 7) is 0.519. The Morgan fingerprint density at radius 3 is 2.50 bits per heavy atom. The molecule has 1 amide bonds. The highest BCUT2D eigenvalue weighted by Crippen LogP contribution is 2.19. The Labute approximate surface area is 155 Å². The number of ether oxygens (including phenoxy) is 1. The van der Waals surface area contributed by atoms with E-state index >= 15 is 0 Å². The van der Waals surface area contributed by atoms with Crippen molar-refractivity contribution in [2.75, 3.05) is 26.2 Å². The van der Waals surface area contributed by atoms with Gasteiger partial charge in [0.05, 0.1) is 0 Å². The average molecular weight is 381 g/mol. The fraction of sp³-hybridized carbons (Fsp3) is 0.316. The monoisotopic (exact) mass is 380 g/mol. The molecule has 0 unspecified atom stereocenters. The van der Waals surface area contributed by atoms with Crippen molar-refractivity contribution in [1.29, 1.82) is 0 Å². The molecule has 2 aromatic rings. The van der Waals surface area contributed by atoms with Gasteiger partial charge in [-0.3, -0.25) is 9.69 Å². The van der Waals surface area contributed by atoms with Gasteiger partial charge < -0.3 is 9.64 Å². The normalized spacial score (nSPS) is 15.3.